The maximum atomic E-state index is 6.01. The smallest absolute Gasteiger partial charge is 0.0306 e. The lowest BCUT2D eigenvalue weighted by molar-refractivity contribution is 0.179. The minimum Gasteiger partial charge on any atom is -0.373 e. The topological polar surface area (TPSA) is 32.5 Å². The van der Waals surface area contributed by atoms with Gasteiger partial charge in [-0.15, -0.1) is 9.24 Å². The van der Waals surface area contributed by atoms with Gasteiger partial charge >= 0.3 is 0 Å². The van der Waals surface area contributed by atoms with Crippen LogP contribution in [-0.2, 0) is 0 Å². The number of allylic oxidation sites excluding steroid dienone is 2. The van der Waals surface area contributed by atoms with E-state index in [4.69, 9.17) is 5.84 Å². The predicted octanol–water partition coefficient (Wildman–Crippen LogP) is 1.91. The number of hydrogen-bond donors (Lipinski definition) is 1. The standard InChI is InChI=1S/C14H26N3PS/c1-16(15)13-8-10(2-3-14(13)18)11-9-12(11)17-4-6-19-7-5-17/h10,13-14H,2-9,15,18H2,1H3/t10-,13?,14?/m1/s1. The van der Waals surface area contributed by atoms with Crippen molar-refractivity contribution in [2.75, 3.05) is 31.6 Å². The Kier molecular flexibility index (Phi) is 4.43. The molecule has 0 aromatic carbocycles. The first-order valence-electron chi connectivity index (χ1n) is 7.44. The van der Waals surface area contributed by atoms with Crippen molar-refractivity contribution >= 4 is 21.0 Å². The van der Waals surface area contributed by atoms with E-state index in [0.717, 1.165) is 5.92 Å². The van der Waals surface area contributed by atoms with Gasteiger partial charge in [-0.05, 0) is 36.4 Å². The van der Waals surface area contributed by atoms with E-state index in [0.29, 0.717) is 11.7 Å². The molecular formula is C14H26N3PS. The van der Waals surface area contributed by atoms with Crippen molar-refractivity contribution in [3.8, 4) is 0 Å². The number of rotatable bonds is 3. The molecule has 1 aliphatic heterocycles. The molecule has 0 aromatic rings. The van der Waals surface area contributed by atoms with Gasteiger partial charge in [-0.3, -0.25) is 5.84 Å². The van der Waals surface area contributed by atoms with Crippen LogP contribution in [-0.4, -0.2) is 53.3 Å². The van der Waals surface area contributed by atoms with Crippen LogP contribution < -0.4 is 5.84 Å². The first-order chi connectivity index (χ1) is 9.16. The highest BCUT2D eigenvalue weighted by atomic mass is 32.2. The minimum absolute atomic E-state index is 0.537. The predicted molar refractivity (Wildman–Crippen MR) is 87.1 cm³/mol. The van der Waals surface area contributed by atoms with Gasteiger partial charge in [-0.2, -0.15) is 11.8 Å². The summed E-state index contributed by atoms with van der Waals surface area (Å²) in [5.74, 6) is 9.43. The molecule has 0 aromatic heterocycles. The number of hydrogen-bond acceptors (Lipinski definition) is 4. The molecule has 1 saturated carbocycles. The van der Waals surface area contributed by atoms with E-state index in [-0.39, 0.29) is 0 Å². The molecule has 0 amide bonds. The van der Waals surface area contributed by atoms with Gasteiger partial charge in [0.2, 0.25) is 0 Å². The summed E-state index contributed by atoms with van der Waals surface area (Å²) in [5.41, 5.74) is 4.11. The molecule has 3 rings (SSSR count). The molecule has 0 spiro atoms. The zero-order chi connectivity index (χ0) is 13.4. The number of nitrogens with zero attached hydrogens (tertiary/aromatic N) is 2. The minimum atomic E-state index is 0.537. The van der Waals surface area contributed by atoms with Crippen molar-refractivity contribution in [1.29, 1.82) is 0 Å². The van der Waals surface area contributed by atoms with Crippen molar-refractivity contribution in [1.82, 2.24) is 9.91 Å². The van der Waals surface area contributed by atoms with Crippen molar-refractivity contribution in [2.45, 2.75) is 37.4 Å². The van der Waals surface area contributed by atoms with E-state index in [1.807, 2.05) is 12.1 Å². The first-order valence-corrected chi connectivity index (χ1v) is 9.26. The van der Waals surface area contributed by atoms with Gasteiger partial charge in [0, 0.05) is 49.8 Å². The van der Waals surface area contributed by atoms with Crippen molar-refractivity contribution in [3.63, 3.8) is 0 Å². The third-order valence-corrected chi connectivity index (χ3v) is 6.60. The second-order valence-corrected chi connectivity index (χ2v) is 8.24. The van der Waals surface area contributed by atoms with Crippen LogP contribution in [0.5, 0.6) is 0 Å². The van der Waals surface area contributed by atoms with E-state index in [9.17, 15) is 0 Å². The largest absolute Gasteiger partial charge is 0.373 e. The first kappa shape index (κ1) is 14.2. The Morgan fingerprint density at radius 2 is 2.05 bits per heavy atom. The van der Waals surface area contributed by atoms with Gasteiger partial charge < -0.3 is 4.90 Å². The van der Waals surface area contributed by atoms with Crippen LogP contribution in [0, 0.1) is 5.92 Å². The summed E-state index contributed by atoms with van der Waals surface area (Å²) in [6, 6.07) is 0.537. The second kappa shape index (κ2) is 5.93. The van der Waals surface area contributed by atoms with E-state index in [1.165, 1.54) is 50.3 Å². The summed E-state index contributed by atoms with van der Waals surface area (Å²) in [6.45, 7) is 2.53. The molecule has 4 atom stereocenters. The number of thioether (sulfide) groups is 1. The van der Waals surface area contributed by atoms with Crippen molar-refractivity contribution in [2.24, 2.45) is 11.8 Å². The summed E-state index contributed by atoms with van der Waals surface area (Å²) in [4.78, 5) is 2.64. The summed E-state index contributed by atoms with van der Waals surface area (Å²) in [7, 11) is 5.02. The van der Waals surface area contributed by atoms with E-state index < -0.39 is 0 Å². The molecule has 0 bridgehead atoms. The average Bonchev–Trinajstić information content (AvgIpc) is 3.20. The Morgan fingerprint density at radius 1 is 1.32 bits per heavy atom. The third-order valence-electron chi connectivity index (χ3n) is 4.88. The van der Waals surface area contributed by atoms with Crippen LogP contribution in [0.25, 0.3) is 0 Å². The zero-order valence-corrected chi connectivity index (χ0v) is 13.8. The SMILES string of the molecule is CN(N)C1C[C@H](C2=C(N3CCSCC3)C2)CCC1P. The fourth-order valence-corrected chi connectivity index (χ4v) is 5.14. The van der Waals surface area contributed by atoms with Crippen LogP contribution in [0.3, 0.4) is 0 Å². The van der Waals surface area contributed by atoms with Gasteiger partial charge in [0.15, 0.2) is 0 Å². The van der Waals surface area contributed by atoms with E-state index in [1.54, 1.807) is 11.3 Å². The number of hydrazine groups is 1. The van der Waals surface area contributed by atoms with Crippen LogP contribution in [0.2, 0.25) is 0 Å². The molecule has 3 nitrogen and oxygen atoms in total. The molecule has 2 fully saturated rings. The summed E-state index contributed by atoms with van der Waals surface area (Å²) >= 11 is 2.10. The highest BCUT2D eigenvalue weighted by Gasteiger charge is 2.38. The molecule has 3 aliphatic rings. The Morgan fingerprint density at radius 3 is 2.74 bits per heavy atom. The van der Waals surface area contributed by atoms with Gasteiger partial charge in [0.1, 0.15) is 0 Å². The number of nitrogens with two attached hydrogens (primary N) is 1. The maximum absolute atomic E-state index is 6.01. The highest BCUT2D eigenvalue weighted by Crippen LogP contribution is 2.47. The van der Waals surface area contributed by atoms with E-state index in [2.05, 4.69) is 25.9 Å². The molecule has 1 saturated heterocycles. The summed E-state index contributed by atoms with van der Waals surface area (Å²) in [6.07, 6.45) is 5.20. The molecule has 0 radical (unpaired) electrons. The Hall–Kier alpha value is 0.240. The quantitative estimate of drug-likeness (QED) is 0.490. The maximum Gasteiger partial charge on any atom is 0.0306 e. The second-order valence-electron chi connectivity index (χ2n) is 6.15. The van der Waals surface area contributed by atoms with Crippen molar-refractivity contribution in [3.05, 3.63) is 11.3 Å². The molecule has 19 heavy (non-hydrogen) atoms. The zero-order valence-electron chi connectivity index (χ0n) is 11.8. The normalized spacial score (nSPS) is 36.0. The van der Waals surface area contributed by atoms with Gasteiger partial charge in [-0.1, -0.05) is 0 Å². The molecule has 108 valence electrons. The Balaban J connectivity index is 1.62. The van der Waals surface area contributed by atoms with Crippen LogP contribution >= 0.6 is 21.0 Å². The van der Waals surface area contributed by atoms with Crippen LogP contribution in [0.1, 0.15) is 25.7 Å². The average molecular weight is 299 g/mol. The van der Waals surface area contributed by atoms with Gasteiger partial charge in [-0.25, -0.2) is 5.01 Å². The molecule has 1 heterocycles. The molecule has 2 aliphatic carbocycles. The van der Waals surface area contributed by atoms with Crippen molar-refractivity contribution < 1.29 is 0 Å². The Labute approximate surface area is 123 Å². The Bertz CT molecular complexity index is 366. The molecular weight excluding hydrogens is 273 g/mol. The van der Waals surface area contributed by atoms with Crippen LogP contribution in [0.4, 0.5) is 0 Å². The highest BCUT2D eigenvalue weighted by molar-refractivity contribution is 7.99. The van der Waals surface area contributed by atoms with Crippen LogP contribution in [0.15, 0.2) is 11.3 Å². The van der Waals surface area contributed by atoms with Gasteiger partial charge in [0.05, 0.1) is 0 Å². The summed E-state index contributed by atoms with van der Waals surface area (Å²) in [5, 5.41) is 1.93. The van der Waals surface area contributed by atoms with Gasteiger partial charge in [0.25, 0.3) is 0 Å². The molecule has 3 unspecified atom stereocenters. The fraction of sp³-hybridized carbons (Fsp3) is 0.857. The fourth-order valence-electron chi connectivity index (χ4n) is 3.62. The third kappa shape index (κ3) is 3.12. The lowest BCUT2D eigenvalue weighted by atomic mass is 9.83. The van der Waals surface area contributed by atoms with E-state index >= 15 is 0 Å². The summed E-state index contributed by atoms with van der Waals surface area (Å²) < 4.78 is 0. The monoisotopic (exact) mass is 299 g/mol. The molecule has 2 N–H and O–H groups in total. The molecule has 5 heteroatoms. The lowest BCUT2D eigenvalue weighted by Crippen LogP contribution is -2.46. The lowest BCUT2D eigenvalue weighted by Gasteiger charge is -2.37.